The van der Waals surface area contributed by atoms with Crippen LogP contribution in [0.3, 0.4) is 0 Å². The SMILES string of the molecule is C.CCC(C)(C)O.CCC(C)(C)OC(C)(C)CC. The van der Waals surface area contributed by atoms with Crippen LogP contribution in [0.25, 0.3) is 0 Å². The van der Waals surface area contributed by atoms with Gasteiger partial charge in [-0.1, -0.05) is 28.2 Å². The van der Waals surface area contributed by atoms with E-state index in [0.29, 0.717) is 0 Å². The van der Waals surface area contributed by atoms with Crippen LogP contribution in [-0.4, -0.2) is 21.9 Å². The fourth-order valence-electron chi connectivity index (χ4n) is 0.892. The Balaban J connectivity index is -0.000000277. The third-order valence-electron chi connectivity index (χ3n) is 3.12. The second kappa shape index (κ2) is 8.92. The molecular weight excluding hydrogens is 224 g/mol. The van der Waals surface area contributed by atoms with Gasteiger partial charge in [0.1, 0.15) is 0 Å². The van der Waals surface area contributed by atoms with Crippen molar-refractivity contribution in [2.45, 2.75) is 106 Å². The summed E-state index contributed by atoms with van der Waals surface area (Å²) in [6.45, 7) is 18.4. The monoisotopic (exact) mass is 262 g/mol. The Kier molecular flexibility index (Phi) is 11.4. The molecule has 0 spiro atoms. The first-order valence-electron chi connectivity index (χ1n) is 6.81. The van der Waals surface area contributed by atoms with Crippen molar-refractivity contribution in [2.24, 2.45) is 0 Å². The largest absolute Gasteiger partial charge is 0.390 e. The Morgan fingerprint density at radius 3 is 1.06 bits per heavy atom. The van der Waals surface area contributed by atoms with Crippen LogP contribution >= 0.6 is 0 Å². The molecule has 0 aliphatic rings. The van der Waals surface area contributed by atoms with Crippen LogP contribution in [0, 0.1) is 0 Å². The van der Waals surface area contributed by atoms with Crippen LogP contribution in [0.1, 0.15) is 89.0 Å². The molecule has 0 aromatic carbocycles. The van der Waals surface area contributed by atoms with E-state index in [4.69, 9.17) is 9.84 Å². The molecule has 0 aromatic heterocycles. The maximum Gasteiger partial charge on any atom is 0.0631 e. The van der Waals surface area contributed by atoms with Crippen molar-refractivity contribution >= 4 is 0 Å². The van der Waals surface area contributed by atoms with Crippen molar-refractivity contribution in [3.05, 3.63) is 0 Å². The molecule has 114 valence electrons. The summed E-state index contributed by atoms with van der Waals surface area (Å²) in [6.07, 6.45) is 2.96. The van der Waals surface area contributed by atoms with Gasteiger partial charge in [0.15, 0.2) is 0 Å². The lowest BCUT2D eigenvalue weighted by Crippen LogP contribution is -2.35. The van der Waals surface area contributed by atoms with E-state index in [2.05, 4.69) is 41.5 Å². The molecule has 0 radical (unpaired) electrons. The summed E-state index contributed by atoms with van der Waals surface area (Å²) in [5.41, 5.74) is -0.404. The van der Waals surface area contributed by atoms with Gasteiger partial charge in [-0.2, -0.15) is 0 Å². The van der Waals surface area contributed by atoms with E-state index in [1.807, 2.05) is 6.92 Å². The Bertz CT molecular complexity index is 174. The first-order chi connectivity index (χ1) is 7.39. The molecule has 0 unspecified atom stereocenters. The van der Waals surface area contributed by atoms with Gasteiger partial charge in [0.2, 0.25) is 0 Å². The van der Waals surface area contributed by atoms with Gasteiger partial charge in [0.05, 0.1) is 16.8 Å². The molecule has 2 heteroatoms. The second-order valence-corrected chi connectivity index (χ2v) is 6.49. The Hall–Kier alpha value is -0.0800. The topological polar surface area (TPSA) is 29.5 Å². The fraction of sp³-hybridized carbons (Fsp3) is 1.00. The minimum atomic E-state index is -0.458. The lowest BCUT2D eigenvalue weighted by Gasteiger charge is -2.34. The zero-order valence-corrected chi connectivity index (χ0v) is 13.5. The molecule has 0 bridgehead atoms. The van der Waals surface area contributed by atoms with E-state index < -0.39 is 5.60 Å². The maximum atomic E-state index is 8.83. The summed E-state index contributed by atoms with van der Waals surface area (Å²) in [4.78, 5) is 0. The molecule has 0 aromatic rings. The molecule has 18 heavy (non-hydrogen) atoms. The van der Waals surface area contributed by atoms with Crippen molar-refractivity contribution in [3.63, 3.8) is 0 Å². The zero-order valence-electron chi connectivity index (χ0n) is 13.5. The van der Waals surface area contributed by atoms with E-state index in [1.54, 1.807) is 13.8 Å². The summed E-state index contributed by atoms with van der Waals surface area (Å²) >= 11 is 0. The standard InChI is InChI=1S/C10H22O.C5H12O.CH4/c1-7-9(3,4)11-10(5,6)8-2;1-4-5(2,3)6;/h7-8H2,1-6H3;6H,4H2,1-3H3;1H4. The van der Waals surface area contributed by atoms with Crippen molar-refractivity contribution in [3.8, 4) is 0 Å². The lowest BCUT2D eigenvalue weighted by molar-refractivity contribution is -0.124. The van der Waals surface area contributed by atoms with Gasteiger partial charge in [-0.15, -0.1) is 0 Å². The molecular formula is C16H38O2. The van der Waals surface area contributed by atoms with Gasteiger partial charge >= 0.3 is 0 Å². The summed E-state index contributed by atoms with van der Waals surface area (Å²) in [6, 6.07) is 0. The number of aliphatic hydroxyl groups is 1. The van der Waals surface area contributed by atoms with E-state index in [-0.39, 0.29) is 18.6 Å². The summed E-state index contributed by atoms with van der Waals surface area (Å²) in [7, 11) is 0. The molecule has 0 atom stereocenters. The maximum absolute atomic E-state index is 8.83. The smallest absolute Gasteiger partial charge is 0.0631 e. The van der Waals surface area contributed by atoms with Crippen LogP contribution in [0.2, 0.25) is 0 Å². The van der Waals surface area contributed by atoms with Crippen LogP contribution < -0.4 is 0 Å². The highest BCUT2D eigenvalue weighted by Crippen LogP contribution is 2.24. The summed E-state index contributed by atoms with van der Waals surface area (Å²) < 4.78 is 5.92. The molecule has 1 N–H and O–H groups in total. The van der Waals surface area contributed by atoms with Crippen LogP contribution in [0.4, 0.5) is 0 Å². The van der Waals surface area contributed by atoms with Crippen molar-refractivity contribution < 1.29 is 9.84 Å². The van der Waals surface area contributed by atoms with Gasteiger partial charge in [-0.25, -0.2) is 0 Å². The molecule has 0 amide bonds. The molecule has 0 saturated carbocycles. The quantitative estimate of drug-likeness (QED) is 0.739. The van der Waals surface area contributed by atoms with Gasteiger partial charge in [0.25, 0.3) is 0 Å². The summed E-state index contributed by atoms with van der Waals surface area (Å²) in [5.74, 6) is 0. The van der Waals surface area contributed by atoms with Crippen molar-refractivity contribution in [2.75, 3.05) is 0 Å². The molecule has 0 rings (SSSR count). The first kappa shape index (κ1) is 23.0. The highest BCUT2D eigenvalue weighted by molar-refractivity contribution is 4.74. The van der Waals surface area contributed by atoms with E-state index >= 15 is 0 Å². The Morgan fingerprint density at radius 1 is 0.722 bits per heavy atom. The van der Waals surface area contributed by atoms with Crippen molar-refractivity contribution in [1.29, 1.82) is 0 Å². The highest BCUT2D eigenvalue weighted by Gasteiger charge is 2.25. The van der Waals surface area contributed by atoms with Gasteiger partial charge in [-0.05, 0) is 60.8 Å². The molecule has 0 aliphatic carbocycles. The number of ether oxygens (including phenoxy) is 1. The van der Waals surface area contributed by atoms with Gasteiger partial charge in [-0.3, -0.25) is 0 Å². The van der Waals surface area contributed by atoms with Crippen LogP contribution in [-0.2, 0) is 4.74 Å². The number of rotatable bonds is 5. The number of hydrogen-bond acceptors (Lipinski definition) is 2. The highest BCUT2D eigenvalue weighted by atomic mass is 16.5. The van der Waals surface area contributed by atoms with E-state index in [9.17, 15) is 0 Å². The van der Waals surface area contributed by atoms with E-state index in [0.717, 1.165) is 19.3 Å². The predicted molar refractivity (Wildman–Crippen MR) is 83.1 cm³/mol. The molecule has 0 saturated heterocycles. The Labute approximate surface area is 116 Å². The zero-order chi connectivity index (χ0) is 14.3. The third-order valence-corrected chi connectivity index (χ3v) is 3.12. The third kappa shape index (κ3) is 15.9. The minimum Gasteiger partial charge on any atom is -0.390 e. The Morgan fingerprint density at radius 2 is 0.944 bits per heavy atom. The normalized spacial score (nSPS) is 12.3. The van der Waals surface area contributed by atoms with Crippen molar-refractivity contribution in [1.82, 2.24) is 0 Å². The van der Waals surface area contributed by atoms with Gasteiger partial charge < -0.3 is 9.84 Å². The predicted octanol–water partition coefficient (Wildman–Crippen LogP) is 5.18. The minimum absolute atomic E-state index is 0. The molecule has 0 heterocycles. The fourth-order valence-corrected chi connectivity index (χ4v) is 0.892. The average Bonchev–Trinajstić information content (AvgIpc) is 2.16. The molecule has 2 nitrogen and oxygen atoms in total. The lowest BCUT2D eigenvalue weighted by atomic mass is 10.0. The molecule has 0 fully saturated rings. The average molecular weight is 262 g/mol. The number of hydrogen-bond donors (Lipinski definition) is 1. The van der Waals surface area contributed by atoms with Gasteiger partial charge in [0, 0.05) is 0 Å². The second-order valence-electron chi connectivity index (χ2n) is 6.49. The van der Waals surface area contributed by atoms with E-state index in [1.165, 1.54) is 0 Å². The van der Waals surface area contributed by atoms with Crippen LogP contribution in [0.15, 0.2) is 0 Å². The first-order valence-corrected chi connectivity index (χ1v) is 6.81. The molecule has 0 aliphatic heterocycles. The summed E-state index contributed by atoms with van der Waals surface area (Å²) in [5, 5.41) is 8.83. The van der Waals surface area contributed by atoms with Crippen LogP contribution in [0.5, 0.6) is 0 Å².